The van der Waals surface area contributed by atoms with Crippen molar-refractivity contribution in [2.45, 2.75) is 0 Å². The van der Waals surface area contributed by atoms with E-state index in [4.69, 9.17) is 9.47 Å². The Kier molecular flexibility index (Phi) is 7.19. The number of piperazine rings is 1. The first-order valence-electron chi connectivity index (χ1n) is 9.87. The van der Waals surface area contributed by atoms with Gasteiger partial charge in [0.05, 0.1) is 7.11 Å². The number of benzene rings is 2. The van der Waals surface area contributed by atoms with E-state index in [2.05, 4.69) is 10.2 Å². The number of hydrogen-bond donors (Lipinski definition) is 1. The van der Waals surface area contributed by atoms with Crippen molar-refractivity contribution in [3.05, 3.63) is 48.5 Å². The van der Waals surface area contributed by atoms with Crippen LogP contribution in [0, 0.1) is 0 Å². The lowest BCUT2D eigenvalue weighted by molar-refractivity contribution is 0.132. The molecule has 0 bridgehead atoms. The second-order valence-electron chi connectivity index (χ2n) is 7.22. The van der Waals surface area contributed by atoms with Crippen molar-refractivity contribution in [1.82, 2.24) is 9.80 Å². The quantitative estimate of drug-likeness (QED) is 0.777. The summed E-state index contributed by atoms with van der Waals surface area (Å²) in [5, 5.41) is 2.98. The summed E-state index contributed by atoms with van der Waals surface area (Å²) in [4.78, 5) is 18.7. The van der Waals surface area contributed by atoms with Gasteiger partial charge in [-0.3, -0.25) is 4.90 Å². The van der Waals surface area contributed by atoms with E-state index in [1.54, 1.807) is 7.11 Å². The minimum Gasteiger partial charge on any atom is -0.497 e. The fraction of sp³-hybridized carbons (Fsp3) is 0.409. The zero-order chi connectivity index (χ0) is 20.6. The minimum atomic E-state index is -0.0447. The van der Waals surface area contributed by atoms with Crippen LogP contribution in [0.2, 0.25) is 0 Å². The minimum absolute atomic E-state index is 0.0447. The molecule has 1 fully saturated rings. The molecule has 0 aromatic heterocycles. The Labute approximate surface area is 172 Å². The number of rotatable bonds is 7. The Morgan fingerprint density at radius 3 is 2.17 bits per heavy atom. The van der Waals surface area contributed by atoms with Crippen molar-refractivity contribution in [2.24, 2.45) is 0 Å². The summed E-state index contributed by atoms with van der Waals surface area (Å²) < 4.78 is 10.9. The molecule has 1 heterocycles. The van der Waals surface area contributed by atoms with Crippen LogP contribution in [0.4, 0.5) is 16.2 Å². The van der Waals surface area contributed by atoms with E-state index < -0.39 is 0 Å². The van der Waals surface area contributed by atoms with Gasteiger partial charge < -0.3 is 24.6 Å². The topological polar surface area (TPSA) is 57.3 Å². The molecule has 7 heteroatoms. The van der Waals surface area contributed by atoms with E-state index >= 15 is 0 Å². The van der Waals surface area contributed by atoms with E-state index in [0.717, 1.165) is 42.5 Å². The lowest BCUT2D eigenvalue weighted by Gasteiger charge is -2.34. The Morgan fingerprint density at radius 1 is 0.966 bits per heavy atom. The van der Waals surface area contributed by atoms with E-state index in [1.807, 2.05) is 72.4 Å². The third-order valence-corrected chi connectivity index (χ3v) is 5.03. The van der Waals surface area contributed by atoms with Crippen LogP contribution < -0.4 is 19.7 Å². The summed E-state index contributed by atoms with van der Waals surface area (Å²) in [5.74, 6) is 1.66. The van der Waals surface area contributed by atoms with Crippen LogP contribution >= 0.6 is 0 Å². The lowest BCUT2D eigenvalue weighted by atomic mass is 10.2. The maximum Gasteiger partial charge on any atom is 0.321 e. The summed E-state index contributed by atoms with van der Waals surface area (Å²) in [7, 11) is 5.64. The molecule has 2 aromatic rings. The maximum absolute atomic E-state index is 12.5. The molecule has 0 saturated carbocycles. The Balaban J connectivity index is 1.37. The first-order valence-corrected chi connectivity index (χ1v) is 9.87. The molecule has 0 atom stereocenters. The molecule has 7 nitrogen and oxygen atoms in total. The fourth-order valence-corrected chi connectivity index (χ4v) is 3.18. The largest absolute Gasteiger partial charge is 0.497 e. The van der Waals surface area contributed by atoms with Gasteiger partial charge in [-0.1, -0.05) is 0 Å². The number of nitrogens with zero attached hydrogens (tertiary/aromatic N) is 3. The molecule has 0 unspecified atom stereocenters. The van der Waals surface area contributed by atoms with Gasteiger partial charge in [0.1, 0.15) is 18.1 Å². The van der Waals surface area contributed by atoms with E-state index in [-0.39, 0.29) is 6.03 Å². The summed E-state index contributed by atoms with van der Waals surface area (Å²) in [5.41, 5.74) is 1.92. The van der Waals surface area contributed by atoms with Crippen molar-refractivity contribution in [1.29, 1.82) is 0 Å². The zero-order valence-corrected chi connectivity index (χ0v) is 17.4. The molecule has 1 aliphatic heterocycles. The molecule has 156 valence electrons. The Bertz CT molecular complexity index is 770. The number of carbonyl (C=O) groups excluding carboxylic acids is 1. The summed E-state index contributed by atoms with van der Waals surface area (Å²) in [6, 6.07) is 15.4. The van der Waals surface area contributed by atoms with Gasteiger partial charge in [-0.25, -0.2) is 4.79 Å². The van der Waals surface area contributed by atoms with Crippen LogP contribution in [0.25, 0.3) is 0 Å². The third kappa shape index (κ3) is 6.02. The van der Waals surface area contributed by atoms with Gasteiger partial charge in [0.2, 0.25) is 0 Å². The standard InChI is InChI=1S/C22H30N4O3/c1-24(2)19-6-4-18(5-7-19)23-22(27)26-14-12-25(13-15-26)16-17-29-21-10-8-20(28-3)9-11-21/h4-11H,12-17H2,1-3H3,(H,23,27). The average Bonchev–Trinajstić information content (AvgIpc) is 2.75. The predicted molar refractivity (Wildman–Crippen MR) is 116 cm³/mol. The second-order valence-corrected chi connectivity index (χ2v) is 7.22. The molecule has 1 saturated heterocycles. The van der Waals surface area contributed by atoms with Gasteiger partial charge in [-0.2, -0.15) is 0 Å². The van der Waals surface area contributed by atoms with Crippen molar-refractivity contribution in [2.75, 3.05) is 70.8 Å². The summed E-state index contributed by atoms with van der Waals surface area (Å²) in [6.45, 7) is 4.58. The molecule has 3 rings (SSSR count). The van der Waals surface area contributed by atoms with Crippen LogP contribution in [-0.4, -0.2) is 76.4 Å². The molecule has 1 N–H and O–H groups in total. The van der Waals surface area contributed by atoms with Crippen molar-refractivity contribution < 1.29 is 14.3 Å². The highest BCUT2D eigenvalue weighted by Gasteiger charge is 2.21. The number of methoxy groups -OCH3 is 1. The van der Waals surface area contributed by atoms with Gasteiger partial charge in [0, 0.05) is 58.2 Å². The first kappa shape index (κ1) is 20.8. The number of ether oxygens (including phenoxy) is 2. The number of anilines is 2. The van der Waals surface area contributed by atoms with Crippen molar-refractivity contribution in [3.8, 4) is 11.5 Å². The summed E-state index contributed by atoms with van der Waals surface area (Å²) >= 11 is 0. The van der Waals surface area contributed by atoms with E-state index in [9.17, 15) is 4.79 Å². The van der Waals surface area contributed by atoms with Crippen LogP contribution in [0.1, 0.15) is 0 Å². The van der Waals surface area contributed by atoms with Crippen LogP contribution in [0.3, 0.4) is 0 Å². The monoisotopic (exact) mass is 398 g/mol. The Morgan fingerprint density at radius 2 is 1.59 bits per heavy atom. The molecule has 2 aromatic carbocycles. The SMILES string of the molecule is COc1ccc(OCCN2CCN(C(=O)Nc3ccc(N(C)C)cc3)CC2)cc1. The fourth-order valence-electron chi connectivity index (χ4n) is 3.18. The molecule has 29 heavy (non-hydrogen) atoms. The van der Waals surface area contributed by atoms with E-state index in [0.29, 0.717) is 19.7 Å². The number of carbonyl (C=O) groups is 1. The molecule has 0 aliphatic carbocycles. The van der Waals surface area contributed by atoms with Crippen molar-refractivity contribution >= 4 is 17.4 Å². The molecule has 0 radical (unpaired) electrons. The molecular formula is C22H30N4O3. The van der Waals surface area contributed by atoms with Gasteiger partial charge in [0.15, 0.2) is 0 Å². The smallest absolute Gasteiger partial charge is 0.321 e. The maximum atomic E-state index is 12.5. The normalized spacial score (nSPS) is 14.4. The number of nitrogens with one attached hydrogen (secondary N) is 1. The average molecular weight is 399 g/mol. The van der Waals surface area contributed by atoms with Gasteiger partial charge in [0.25, 0.3) is 0 Å². The first-order chi connectivity index (χ1) is 14.0. The molecule has 2 amide bonds. The number of urea groups is 1. The highest BCUT2D eigenvalue weighted by Crippen LogP contribution is 2.18. The zero-order valence-electron chi connectivity index (χ0n) is 17.4. The highest BCUT2D eigenvalue weighted by molar-refractivity contribution is 5.89. The van der Waals surface area contributed by atoms with Crippen LogP contribution in [0.5, 0.6) is 11.5 Å². The van der Waals surface area contributed by atoms with Crippen molar-refractivity contribution in [3.63, 3.8) is 0 Å². The summed E-state index contributed by atoms with van der Waals surface area (Å²) in [6.07, 6.45) is 0. The highest BCUT2D eigenvalue weighted by atomic mass is 16.5. The van der Waals surface area contributed by atoms with Crippen LogP contribution in [-0.2, 0) is 0 Å². The second kappa shape index (κ2) is 10.0. The lowest BCUT2D eigenvalue weighted by Crippen LogP contribution is -2.50. The molecule has 1 aliphatic rings. The van der Waals surface area contributed by atoms with Gasteiger partial charge in [-0.15, -0.1) is 0 Å². The molecular weight excluding hydrogens is 368 g/mol. The predicted octanol–water partition coefficient (Wildman–Crippen LogP) is 2.99. The van der Waals surface area contributed by atoms with Gasteiger partial charge >= 0.3 is 6.03 Å². The third-order valence-electron chi connectivity index (χ3n) is 5.03. The number of amides is 2. The molecule has 0 spiro atoms. The number of hydrogen-bond acceptors (Lipinski definition) is 5. The Hall–Kier alpha value is -2.93. The van der Waals surface area contributed by atoms with E-state index in [1.165, 1.54) is 0 Å². The van der Waals surface area contributed by atoms with Crippen LogP contribution in [0.15, 0.2) is 48.5 Å². The van der Waals surface area contributed by atoms with Gasteiger partial charge in [-0.05, 0) is 48.5 Å².